The van der Waals surface area contributed by atoms with Crippen molar-refractivity contribution >= 4 is 34.7 Å². The van der Waals surface area contributed by atoms with E-state index in [0.29, 0.717) is 22.6 Å². The lowest BCUT2D eigenvalue weighted by atomic mass is 10.2. The van der Waals surface area contributed by atoms with E-state index in [1.54, 1.807) is 36.4 Å². The monoisotopic (exact) mass is 286 g/mol. The van der Waals surface area contributed by atoms with Gasteiger partial charge >= 0.3 is 6.03 Å². The Morgan fingerprint density at radius 2 is 1.85 bits per heavy atom. The number of hydrogen-bond donors (Lipinski definition) is 3. The molecule has 0 unspecified atom stereocenters. The Labute approximate surface area is 121 Å². The lowest BCUT2D eigenvalue weighted by molar-refractivity contribution is 0.262. The van der Waals surface area contributed by atoms with Gasteiger partial charge in [-0.25, -0.2) is 4.79 Å². The highest BCUT2D eigenvalue weighted by molar-refractivity contribution is 6.32. The van der Waals surface area contributed by atoms with E-state index in [1.165, 1.54) is 6.07 Å². The zero-order valence-electron chi connectivity index (χ0n) is 10.4. The SMILES string of the molecule is N#Cc1ccc(NC(=O)Nc2cccc(N)c2)cc1Cl. The maximum atomic E-state index is 11.8. The van der Waals surface area contributed by atoms with Gasteiger partial charge in [0.1, 0.15) is 6.07 Å². The smallest absolute Gasteiger partial charge is 0.323 e. The highest BCUT2D eigenvalue weighted by Crippen LogP contribution is 2.20. The Bertz CT molecular complexity index is 694. The maximum absolute atomic E-state index is 11.8. The minimum Gasteiger partial charge on any atom is -0.399 e. The van der Waals surface area contributed by atoms with E-state index in [0.717, 1.165) is 0 Å². The summed E-state index contributed by atoms with van der Waals surface area (Å²) in [6.45, 7) is 0. The van der Waals surface area contributed by atoms with Crippen LogP contribution < -0.4 is 16.4 Å². The molecule has 20 heavy (non-hydrogen) atoms. The third-order valence-corrected chi connectivity index (χ3v) is 2.80. The topological polar surface area (TPSA) is 90.9 Å². The number of nitrogens with one attached hydrogen (secondary N) is 2. The molecule has 0 saturated heterocycles. The molecule has 6 heteroatoms. The van der Waals surface area contributed by atoms with Crippen LogP contribution in [0.1, 0.15) is 5.56 Å². The number of benzene rings is 2. The molecule has 0 atom stereocenters. The fourth-order valence-electron chi connectivity index (χ4n) is 1.59. The summed E-state index contributed by atoms with van der Waals surface area (Å²) in [4.78, 5) is 11.8. The van der Waals surface area contributed by atoms with Crippen molar-refractivity contribution in [2.75, 3.05) is 16.4 Å². The zero-order chi connectivity index (χ0) is 14.5. The van der Waals surface area contributed by atoms with Gasteiger partial charge in [0.15, 0.2) is 0 Å². The highest BCUT2D eigenvalue weighted by Gasteiger charge is 2.05. The van der Waals surface area contributed by atoms with E-state index in [4.69, 9.17) is 22.6 Å². The van der Waals surface area contributed by atoms with Gasteiger partial charge in [-0.05, 0) is 36.4 Å². The first kappa shape index (κ1) is 13.7. The molecule has 2 rings (SSSR count). The number of urea groups is 1. The van der Waals surface area contributed by atoms with E-state index < -0.39 is 6.03 Å². The quantitative estimate of drug-likeness (QED) is 0.739. The van der Waals surface area contributed by atoms with Crippen LogP contribution in [0.3, 0.4) is 0 Å². The first-order valence-corrected chi connectivity index (χ1v) is 6.09. The number of nitrogens with zero attached hydrogens (tertiary/aromatic N) is 1. The highest BCUT2D eigenvalue weighted by atomic mass is 35.5. The number of carbonyl (C=O) groups excluding carboxylic acids is 1. The molecule has 2 aromatic rings. The summed E-state index contributed by atoms with van der Waals surface area (Å²) in [5, 5.41) is 14.3. The number of amides is 2. The van der Waals surface area contributed by atoms with Gasteiger partial charge in [-0.3, -0.25) is 0 Å². The minimum absolute atomic E-state index is 0.286. The molecule has 0 aliphatic heterocycles. The Hall–Kier alpha value is -2.71. The third kappa shape index (κ3) is 3.40. The van der Waals surface area contributed by atoms with Gasteiger partial charge < -0.3 is 16.4 Å². The molecule has 0 radical (unpaired) electrons. The second-order valence-electron chi connectivity index (χ2n) is 4.01. The number of hydrogen-bond acceptors (Lipinski definition) is 3. The fourth-order valence-corrected chi connectivity index (χ4v) is 1.82. The molecule has 0 saturated carbocycles. The normalized spacial score (nSPS) is 9.60. The molecule has 0 aliphatic rings. The molecule has 0 fully saturated rings. The van der Waals surface area contributed by atoms with Crippen LogP contribution in [0.2, 0.25) is 5.02 Å². The Kier molecular flexibility index (Phi) is 4.08. The van der Waals surface area contributed by atoms with Crippen molar-refractivity contribution in [1.29, 1.82) is 5.26 Å². The number of nitriles is 1. The number of carbonyl (C=O) groups is 1. The number of anilines is 3. The predicted octanol–water partition coefficient (Wildman–Crippen LogP) is 3.44. The van der Waals surface area contributed by atoms with Crippen molar-refractivity contribution in [2.24, 2.45) is 0 Å². The predicted molar refractivity (Wildman–Crippen MR) is 79.7 cm³/mol. The van der Waals surface area contributed by atoms with E-state index >= 15 is 0 Å². The lowest BCUT2D eigenvalue weighted by Gasteiger charge is -2.08. The molecular weight excluding hydrogens is 276 g/mol. The summed E-state index contributed by atoms with van der Waals surface area (Å²) in [5.41, 5.74) is 7.61. The van der Waals surface area contributed by atoms with Crippen molar-refractivity contribution in [3.05, 3.63) is 53.1 Å². The van der Waals surface area contributed by atoms with Crippen LogP contribution in [-0.4, -0.2) is 6.03 Å². The summed E-state index contributed by atoms with van der Waals surface area (Å²) in [5.74, 6) is 0. The molecule has 0 bridgehead atoms. The summed E-state index contributed by atoms with van der Waals surface area (Å²) < 4.78 is 0. The van der Waals surface area contributed by atoms with E-state index in [9.17, 15) is 4.79 Å². The van der Waals surface area contributed by atoms with E-state index in [2.05, 4.69) is 10.6 Å². The van der Waals surface area contributed by atoms with Gasteiger partial charge in [0, 0.05) is 17.1 Å². The van der Waals surface area contributed by atoms with Crippen molar-refractivity contribution in [1.82, 2.24) is 0 Å². The Balaban J connectivity index is 2.05. The summed E-state index contributed by atoms with van der Waals surface area (Å²) in [6.07, 6.45) is 0. The molecule has 5 nitrogen and oxygen atoms in total. The average Bonchev–Trinajstić information content (AvgIpc) is 2.38. The van der Waals surface area contributed by atoms with Gasteiger partial charge in [0.25, 0.3) is 0 Å². The summed E-state index contributed by atoms with van der Waals surface area (Å²) in [7, 11) is 0. The van der Waals surface area contributed by atoms with Crippen LogP contribution in [0.5, 0.6) is 0 Å². The molecule has 2 aromatic carbocycles. The van der Waals surface area contributed by atoms with Crippen molar-refractivity contribution in [3.8, 4) is 6.07 Å². The van der Waals surface area contributed by atoms with Crippen LogP contribution >= 0.6 is 11.6 Å². The number of nitrogen functional groups attached to an aromatic ring is 1. The molecular formula is C14H11ClN4O. The van der Waals surface area contributed by atoms with Crippen LogP contribution in [0.25, 0.3) is 0 Å². The minimum atomic E-state index is -0.420. The van der Waals surface area contributed by atoms with Crippen molar-refractivity contribution < 1.29 is 4.79 Å². The standard InChI is InChI=1S/C14H11ClN4O/c15-13-7-12(5-4-9(13)8-16)19-14(20)18-11-3-1-2-10(17)6-11/h1-7H,17H2,(H2,18,19,20). The molecule has 0 aliphatic carbocycles. The zero-order valence-corrected chi connectivity index (χ0v) is 11.1. The van der Waals surface area contributed by atoms with E-state index in [1.807, 2.05) is 6.07 Å². The molecule has 0 spiro atoms. The third-order valence-electron chi connectivity index (χ3n) is 2.49. The van der Waals surface area contributed by atoms with Crippen LogP contribution in [0.15, 0.2) is 42.5 Å². The molecule has 100 valence electrons. The number of rotatable bonds is 2. The van der Waals surface area contributed by atoms with Crippen LogP contribution in [0.4, 0.5) is 21.9 Å². The van der Waals surface area contributed by atoms with Gasteiger partial charge in [-0.2, -0.15) is 5.26 Å². The van der Waals surface area contributed by atoms with Crippen LogP contribution in [-0.2, 0) is 0 Å². The largest absolute Gasteiger partial charge is 0.399 e. The second kappa shape index (κ2) is 5.95. The second-order valence-corrected chi connectivity index (χ2v) is 4.42. The number of halogens is 1. The van der Waals surface area contributed by atoms with E-state index in [-0.39, 0.29) is 5.02 Å². The van der Waals surface area contributed by atoms with Gasteiger partial charge in [-0.15, -0.1) is 0 Å². The van der Waals surface area contributed by atoms with Gasteiger partial charge in [-0.1, -0.05) is 17.7 Å². The Morgan fingerprint density at radius 3 is 2.45 bits per heavy atom. The van der Waals surface area contributed by atoms with Gasteiger partial charge in [0.2, 0.25) is 0 Å². The van der Waals surface area contributed by atoms with Crippen molar-refractivity contribution in [2.45, 2.75) is 0 Å². The Morgan fingerprint density at radius 1 is 1.15 bits per heavy atom. The summed E-state index contributed by atoms with van der Waals surface area (Å²) in [6, 6.07) is 13.0. The average molecular weight is 287 g/mol. The number of nitrogens with two attached hydrogens (primary N) is 1. The summed E-state index contributed by atoms with van der Waals surface area (Å²) >= 11 is 5.88. The molecule has 0 aromatic heterocycles. The maximum Gasteiger partial charge on any atom is 0.323 e. The van der Waals surface area contributed by atoms with Crippen LogP contribution in [0, 0.1) is 11.3 Å². The fraction of sp³-hybridized carbons (Fsp3) is 0. The molecule has 0 heterocycles. The van der Waals surface area contributed by atoms with Gasteiger partial charge in [0.05, 0.1) is 10.6 Å². The molecule has 4 N–H and O–H groups in total. The first-order chi connectivity index (χ1) is 9.58. The lowest BCUT2D eigenvalue weighted by Crippen LogP contribution is -2.19. The molecule has 2 amide bonds. The first-order valence-electron chi connectivity index (χ1n) is 5.71. The van der Waals surface area contributed by atoms with Crippen molar-refractivity contribution in [3.63, 3.8) is 0 Å².